The third-order valence-electron chi connectivity index (χ3n) is 6.54. The number of carbonyl (C=O) groups excluding carboxylic acids is 2. The maximum atomic E-state index is 12.2. The number of carbonyl (C=O) groups is 3. The van der Waals surface area contributed by atoms with E-state index in [2.05, 4.69) is 20.0 Å². The van der Waals surface area contributed by atoms with Crippen LogP contribution in [0.2, 0.25) is 0 Å². The lowest BCUT2D eigenvalue weighted by atomic mass is 9.91. The van der Waals surface area contributed by atoms with E-state index < -0.39 is 23.4 Å². The standard InChI is InChI=1S/C29H26N4O7S2/c1-5-40-16-10-18-15(14-41-20-9-7-6-8-17(20)27(37)38)13-29(2,3)33-24(18)19(11-16)23(26(33)36)31-32-28-30-25(35)21(42-28)12-22(34)39-4/h6-13,36H,5,14H2,1-4H3,(H,37,38)/b21-12-,32-31?. The summed E-state index contributed by atoms with van der Waals surface area (Å²) >= 11 is 2.29. The van der Waals surface area contributed by atoms with Crippen LogP contribution >= 0.6 is 23.5 Å². The number of nitrogens with zero attached hydrogens (tertiary/aromatic N) is 4. The largest absolute Gasteiger partial charge is 0.494 e. The van der Waals surface area contributed by atoms with E-state index in [-0.39, 0.29) is 27.2 Å². The average Bonchev–Trinajstić information content (AvgIpc) is 3.44. The summed E-state index contributed by atoms with van der Waals surface area (Å²) in [5, 5.41) is 30.1. The molecule has 0 bridgehead atoms. The van der Waals surface area contributed by atoms with Gasteiger partial charge in [-0.2, -0.15) is 4.99 Å². The van der Waals surface area contributed by atoms with Crippen LogP contribution in [-0.4, -0.2) is 57.3 Å². The molecule has 2 aliphatic heterocycles. The Hall–Kier alpha value is -4.36. The molecule has 0 fully saturated rings. The summed E-state index contributed by atoms with van der Waals surface area (Å²) in [6.45, 7) is 6.16. The summed E-state index contributed by atoms with van der Waals surface area (Å²) in [5.41, 5.74) is 2.15. The molecular formula is C29H26N4O7S2. The quantitative estimate of drug-likeness (QED) is 0.133. The molecule has 2 aromatic carbocycles. The SMILES string of the molecule is CCOc1cc2c3c(c1)c(N=NC1=NC(=O)/C(=C/C(=O)OC)S1)c(O)n3C(C)(C)C=C2CSc1ccccc1C(=O)O. The lowest BCUT2D eigenvalue weighted by Crippen LogP contribution is -2.27. The van der Waals surface area contributed by atoms with E-state index in [1.165, 1.54) is 18.9 Å². The third kappa shape index (κ3) is 5.44. The van der Waals surface area contributed by atoms with Gasteiger partial charge < -0.3 is 24.3 Å². The molecule has 11 nitrogen and oxygen atoms in total. The molecule has 13 heteroatoms. The van der Waals surface area contributed by atoms with E-state index in [4.69, 9.17) is 4.74 Å². The van der Waals surface area contributed by atoms with E-state index in [0.717, 1.165) is 29.0 Å². The van der Waals surface area contributed by atoms with Crippen LogP contribution < -0.4 is 4.74 Å². The molecule has 0 aliphatic carbocycles. The summed E-state index contributed by atoms with van der Waals surface area (Å²) in [7, 11) is 1.20. The summed E-state index contributed by atoms with van der Waals surface area (Å²) < 4.78 is 12.2. The van der Waals surface area contributed by atoms with E-state index in [1.807, 2.05) is 32.9 Å². The van der Waals surface area contributed by atoms with Crippen molar-refractivity contribution in [2.24, 2.45) is 15.2 Å². The Balaban J connectivity index is 1.57. The number of aromatic hydroxyl groups is 1. The van der Waals surface area contributed by atoms with Crippen molar-refractivity contribution in [3.8, 4) is 11.6 Å². The molecule has 42 heavy (non-hydrogen) atoms. The van der Waals surface area contributed by atoms with Gasteiger partial charge in [-0.15, -0.1) is 22.0 Å². The van der Waals surface area contributed by atoms with Crippen LogP contribution in [-0.2, 0) is 19.9 Å². The van der Waals surface area contributed by atoms with Crippen molar-refractivity contribution in [2.75, 3.05) is 19.5 Å². The smallest absolute Gasteiger partial charge is 0.336 e. The van der Waals surface area contributed by atoms with E-state index >= 15 is 0 Å². The minimum absolute atomic E-state index is 0.0121. The zero-order valence-electron chi connectivity index (χ0n) is 23.1. The van der Waals surface area contributed by atoms with Gasteiger partial charge in [0.25, 0.3) is 5.91 Å². The Morgan fingerprint density at radius 2 is 1.98 bits per heavy atom. The van der Waals surface area contributed by atoms with Crippen LogP contribution in [0.3, 0.4) is 0 Å². The molecule has 3 heterocycles. The van der Waals surface area contributed by atoms with Crippen molar-refractivity contribution in [3.63, 3.8) is 0 Å². The van der Waals surface area contributed by atoms with Crippen molar-refractivity contribution in [2.45, 2.75) is 31.2 Å². The first-order valence-electron chi connectivity index (χ1n) is 12.8. The number of hydrogen-bond donors (Lipinski definition) is 2. The molecule has 0 unspecified atom stereocenters. The Bertz CT molecular complexity index is 1770. The number of methoxy groups -OCH3 is 1. The Kier molecular flexibility index (Phi) is 7.97. The molecule has 1 amide bonds. The van der Waals surface area contributed by atoms with Crippen LogP contribution in [0, 0.1) is 0 Å². The number of amides is 1. The first-order valence-corrected chi connectivity index (χ1v) is 14.6. The zero-order chi connectivity index (χ0) is 30.2. The lowest BCUT2D eigenvalue weighted by molar-refractivity contribution is -0.135. The molecule has 1 aromatic heterocycles. The second kappa shape index (κ2) is 11.5. The number of ether oxygens (including phenoxy) is 2. The number of allylic oxidation sites excluding steroid dienone is 1. The summed E-state index contributed by atoms with van der Waals surface area (Å²) in [4.78, 5) is 40.0. The minimum Gasteiger partial charge on any atom is -0.494 e. The number of azo groups is 1. The number of esters is 1. The molecule has 0 atom stereocenters. The van der Waals surface area contributed by atoms with Gasteiger partial charge in [-0.25, -0.2) is 9.59 Å². The van der Waals surface area contributed by atoms with Crippen LogP contribution in [0.4, 0.5) is 5.69 Å². The molecule has 216 valence electrons. The monoisotopic (exact) mass is 606 g/mol. The summed E-state index contributed by atoms with van der Waals surface area (Å²) in [6.07, 6.45) is 3.06. The van der Waals surface area contributed by atoms with Crippen molar-refractivity contribution >= 4 is 68.7 Å². The number of aliphatic imine (C=N–C) groups is 1. The van der Waals surface area contributed by atoms with Gasteiger partial charge in [0.15, 0.2) is 5.69 Å². The van der Waals surface area contributed by atoms with Crippen LogP contribution in [0.1, 0.15) is 36.7 Å². The molecule has 0 spiro atoms. The van der Waals surface area contributed by atoms with Gasteiger partial charge in [0.2, 0.25) is 11.0 Å². The highest BCUT2D eigenvalue weighted by atomic mass is 32.2. The molecule has 0 saturated heterocycles. The van der Waals surface area contributed by atoms with E-state index in [0.29, 0.717) is 33.9 Å². The first-order chi connectivity index (χ1) is 20.0. The first kappa shape index (κ1) is 29.1. The highest BCUT2D eigenvalue weighted by Crippen LogP contribution is 2.50. The molecule has 5 rings (SSSR count). The topological polar surface area (TPSA) is 152 Å². The highest BCUT2D eigenvalue weighted by Gasteiger charge is 2.34. The number of aromatic nitrogens is 1. The normalized spacial score (nSPS) is 16.7. The van der Waals surface area contributed by atoms with Gasteiger partial charge in [-0.1, -0.05) is 18.2 Å². The van der Waals surface area contributed by atoms with Crippen LogP contribution in [0.5, 0.6) is 11.6 Å². The zero-order valence-corrected chi connectivity index (χ0v) is 24.7. The number of carboxylic acid groups (broad SMARTS) is 1. The number of carboxylic acids is 1. The number of hydrogen-bond acceptors (Lipinski definition) is 10. The summed E-state index contributed by atoms with van der Waals surface area (Å²) in [5.74, 6) is -1.43. The maximum absolute atomic E-state index is 12.2. The minimum atomic E-state index is -0.995. The van der Waals surface area contributed by atoms with Crippen LogP contribution in [0.25, 0.3) is 16.5 Å². The Labute approximate surface area is 249 Å². The fraction of sp³-hybridized carbons (Fsp3) is 0.241. The fourth-order valence-corrected chi connectivity index (χ4v) is 6.56. The maximum Gasteiger partial charge on any atom is 0.336 e. The number of aromatic carboxylic acids is 1. The molecule has 0 saturated carbocycles. The average molecular weight is 607 g/mol. The van der Waals surface area contributed by atoms with E-state index in [9.17, 15) is 24.6 Å². The van der Waals surface area contributed by atoms with Crippen molar-refractivity contribution in [1.82, 2.24) is 4.57 Å². The number of amidine groups is 1. The number of rotatable bonds is 8. The fourth-order valence-electron chi connectivity index (χ4n) is 4.83. The molecule has 2 N–H and O–H groups in total. The molecule has 3 aromatic rings. The van der Waals surface area contributed by atoms with Gasteiger partial charge in [0.1, 0.15) is 5.75 Å². The van der Waals surface area contributed by atoms with Gasteiger partial charge in [-0.3, -0.25) is 4.79 Å². The predicted octanol–water partition coefficient (Wildman–Crippen LogP) is 6.14. The van der Waals surface area contributed by atoms with Gasteiger partial charge in [0, 0.05) is 27.7 Å². The third-order valence-corrected chi connectivity index (χ3v) is 8.53. The lowest BCUT2D eigenvalue weighted by Gasteiger charge is -2.32. The van der Waals surface area contributed by atoms with Crippen LogP contribution in [0.15, 0.2) is 73.6 Å². The highest BCUT2D eigenvalue weighted by molar-refractivity contribution is 8.18. The second-order valence-electron chi connectivity index (χ2n) is 9.75. The number of benzene rings is 2. The molecule has 0 radical (unpaired) electrons. The molecule has 2 aliphatic rings. The van der Waals surface area contributed by atoms with Crippen molar-refractivity contribution in [3.05, 3.63) is 64.6 Å². The van der Waals surface area contributed by atoms with Crippen molar-refractivity contribution in [1.29, 1.82) is 0 Å². The van der Waals surface area contributed by atoms with Gasteiger partial charge in [0.05, 0.1) is 35.2 Å². The Morgan fingerprint density at radius 1 is 1.21 bits per heavy atom. The van der Waals surface area contributed by atoms with E-state index in [1.54, 1.807) is 34.9 Å². The predicted molar refractivity (Wildman–Crippen MR) is 161 cm³/mol. The second-order valence-corrected chi connectivity index (χ2v) is 11.8. The summed E-state index contributed by atoms with van der Waals surface area (Å²) in [6, 6.07) is 10.5. The van der Waals surface area contributed by atoms with Gasteiger partial charge in [-0.05, 0) is 62.4 Å². The molecular weight excluding hydrogens is 580 g/mol. The van der Waals surface area contributed by atoms with Crippen molar-refractivity contribution < 1.29 is 34.1 Å². The Morgan fingerprint density at radius 3 is 2.69 bits per heavy atom. The van der Waals surface area contributed by atoms with Gasteiger partial charge >= 0.3 is 11.9 Å². The number of thioether (sulfide) groups is 2.